The topological polar surface area (TPSA) is 38.9 Å². The molecule has 0 amide bonds. The molecule has 0 fully saturated rings. The van der Waals surface area contributed by atoms with Gasteiger partial charge in [0.25, 0.3) is 0 Å². The number of aromatic nitrogens is 2. The zero-order valence-electron chi connectivity index (χ0n) is 9.27. The van der Waals surface area contributed by atoms with E-state index in [9.17, 15) is 4.39 Å². The first kappa shape index (κ1) is 10.8. The third kappa shape index (κ3) is 2.45. The monoisotopic (exact) mass is 220 g/mol. The van der Waals surface area contributed by atoms with Crippen LogP contribution in [0.1, 0.15) is 37.0 Å². The molecule has 3 nitrogen and oxygen atoms in total. The van der Waals surface area contributed by atoms with E-state index in [2.05, 4.69) is 10.1 Å². The standard InChI is InChI=1S/C12H13FN2O/c1-8(2)12-14-11(16-15-12)7-9-3-5-10(13)6-4-9/h3-6,8H,7H2,1-2H3. The maximum atomic E-state index is 12.7. The van der Waals surface area contributed by atoms with Crippen molar-refractivity contribution in [2.24, 2.45) is 0 Å². The lowest BCUT2D eigenvalue weighted by atomic mass is 10.1. The Morgan fingerprint density at radius 3 is 2.50 bits per heavy atom. The molecule has 1 aromatic heterocycles. The van der Waals surface area contributed by atoms with Crippen LogP contribution in [0.25, 0.3) is 0 Å². The van der Waals surface area contributed by atoms with Gasteiger partial charge in [0, 0.05) is 5.92 Å². The van der Waals surface area contributed by atoms with Crippen LogP contribution < -0.4 is 0 Å². The minimum Gasteiger partial charge on any atom is -0.339 e. The van der Waals surface area contributed by atoms with Crippen molar-refractivity contribution in [2.45, 2.75) is 26.2 Å². The highest BCUT2D eigenvalue weighted by Crippen LogP contribution is 2.13. The molecule has 0 saturated carbocycles. The lowest BCUT2D eigenvalue weighted by Crippen LogP contribution is -1.92. The van der Waals surface area contributed by atoms with E-state index in [0.29, 0.717) is 18.1 Å². The third-order valence-electron chi connectivity index (χ3n) is 2.27. The van der Waals surface area contributed by atoms with E-state index in [1.807, 2.05) is 13.8 Å². The summed E-state index contributed by atoms with van der Waals surface area (Å²) in [6, 6.07) is 6.28. The Hall–Kier alpha value is -1.71. The highest BCUT2D eigenvalue weighted by atomic mass is 19.1. The Kier molecular flexibility index (Phi) is 2.99. The van der Waals surface area contributed by atoms with E-state index >= 15 is 0 Å². The van der Waals surface area contributed by atoms with Crippen LogP contribution in [0.4, 0.5) is 4.39 Å². The van der Waals surface area contributed by atoms with Gasteiger partial charge in [0.15, 0.2) is 5.82 Å². The van der Waals surface area contributed by atoms with Gasteiger partial charge in [-0.25, -0.2) is 4.39 Å². The van der Waals surface area contributed by atoms with E-state index in [-0.39, 0.29) is 11.7 Å². The molecule has 84 valence electrons. The predicted molar refractivity (Wildman–Crippen MR) is 57.6 cm³/mol. The SMILES string of the molecule is CC(C)c1noc(Cc2ccc(F)cc2)n1. The molecule has 1 aromatic carbocycles. The Balaban J connectivity index is 2.11. The first-order valence-electron chi connectivity index (χ1n) is 5.22. The van der Waals surface area contributed by atoms with Crippen molar-refractivity contribution in [2.75, 3.05) is 0 Å². The first-order valence-corrected chi connectivity index (χ1v) is 5.22. The highest BCUT2D eigenvalue weighted by Gasteiger charge is 2.09. The Morgan fingerprint density at radius 2 is 1.94 bits per heavy atom. The van der Waals surface area contributed by atoms with Crippen molar-refractivity contribution in [1.29, 1.82) is 0 Å². The second-order valence-corrected chi connectivity index (χ2v) is 4.00. The molecule has 0 unspecified atom stereocenters. The van der Waals surface area contributed by atoms with Crippen LogP contribution in [0.2, 0.25) is 0 Å². The maximum absolute atomic E-state index is 12.7. The minimum atomic E-state index is -0.239. The number of hydrogen-bond donors (Lipinski definition) is 0. The molecule has 0 N–H and O–H groups in total. The fourth-order valence-corrected chi connectivity index (χ4v) is 1.35. The van der Waals surface area contributed by atoms with Gasteiger partial charge < -0.3 is 4.52 Å². The third-order valence-corrected chi connectivity index (χ3v) is 2.27. The van der Waals surface area contributed by atoms with Gasteiger partial charge in [-0.3, -0.25) is 0 Å². The van der Waals surface area contributed by atoms with E-state index in [1.165, 1.54) is 12.1 Å². The van der Waals surface area contributed by atoms with Gasteiger partial charge in [-0.1, -0.05) is 31.1 Å². The van der Waals surface area contributed by atoms with E-state index < -0.39 is 0 Å². The molecule has 2 rings (SSSR count). The van der Waals surface area contributed by atoms with E-state index in [0.717, 1.165) is 5.56 Å². The summed E-state index contributed by atoms with van der Waals surface area (Å²) in [5, 5.41) is 3.87. The van der Waals surface area contributed by atoms with Crippen LogP contribution in [0.5, 0.6) is 0 Å². The van der Waals surface area contributed by atoms with E-state index in [4.69, 9.17) is 4.52 Å². The lowest BCUT2D eigenvalue weighted by molar-refractivity contribution is 0.377. The summed E-state index contributed by atoms with van der Waals surface area (Å²) in [5.74, 6) is 1.29. The van der Waals surface area contributed by atoms with Crippen LogP contribution in [-0.2, 0) is 6.42 Å². The number of rotatable bonds is 3. The molecule has 1 heterocycles. The van der Waals surface area contributed by atoms with Gasteiger partial charge in [-0.05, 0) is 17.7 Å². The van der Waals surface area contributed by atoms with Crippen LogP contribution in [0.3, 0.4) is 0 Å². The molecule has 0 atom stereocenters. The minimum absolute atomic E-state index is 0.239. The Labute approximate surface area is 93.3 Å². The average molecular weight is 220 g/mol. The number of hydrogen-bond acceptors (Lipinski definition) is 3. The summed E-state index contributed by atoms with van der Waals surface area (Å²) in [4.78, 5) is 4.26. The van der Waals surface area contributed by atoms with Crippen molar-refractivity contribution in [3.63, 3.8) is 0 Å². The molecule has 0 aliphatic carbocycles. The van der Waals surface area contributed by atoms with Crippen molar-refractivity contribution < 1.29 is 8.91 Å². The summed E-state index contributed by atoms with van der Waals surface area (Å²) < 4.78 is 17.8. The quantitative estimate of drug-likeness (QED) is 0.798. The van der Waals surface area contributed by atoms with Crippen LogP contribution in [0, 0.1) is 5.82 Å². The molecule has 0 aliphatic heterocycles. The summed E-state index contributed by atoms with van der Waals surface area (Å²) >= 11 is 0. The molecule has 4 heteroatoms. The van der Waals surface area contributed by atoms with Gasteiger partial charge in [0.05, 0.1) is 6.42 Å². The van der Waals surface area contributed by atoms with Crippen molar-refractivity contribution in [1.82, 2.24) is 10.1 Å². The summed E-state index contributed by atoms with van der Waals surface area (Å²) in [5.41, 5.74) is 0.959. The predicted octanol–water partition coefficient (Wildman–Crippen LogP) is 2.92. The van der Waals surface area contributed by atoms with Crippen LogP contribution in [0.15, 0.2) is 28.8 Å². The fourth-order valence-electron chi connectivity index (χ4n) is 1.35. The smallest absolute Gasteiger partial charge is 0.231 e. The number of benzene rings is 1. The molecular formula is C12H13FN2O. The largest absolute Gasteiger partial charge is 0.339 e. The second kappa shape index (κ2) is 4.43. The molecular weight excluding hydrogens is 207 g/mol. The van der Waals surface area contributed by atoms with Gasteiger partial charge in [0.2, 0.25) is 5.89 Å². The van der Waals surface area contributed by atoms with Gasteiger partial charge >= 0.3 is 0 Å². The average Bonchev–Trinajstić information content (AvgIpc) is 2.70. The molecule has 0 aliphatic rings. The zero-order chi connectivity index (χ0) is 11.5. The van der Waals surface area contributed by atoms with Crippen LogP contribution in [-0.4, -0.2) is 10.1 Å². The molecule has 0 saturated heterocycles. The Bertz CT molecular complexity index is 462. The van der Waals surface area contributed by atoms with Gasteiger partial charge in [0.1, 0.15) is 5.82 Å². The normalized spacial score (nSPS) is 11.0. The zero-order valence-corrected chi connectivity index (χ0v) is 9.27. The summed E-state index contributed by atoms with van der Waals surface area (Å²) in [7, 11) is 0. The van der Waals surface area contributed by atoms with Crippen molar-refractivity contribution in [3.05, 3.63) is 47.4 Å². The van der Waals surface area contributed by atoms with Gasteiger partial charge in [-0.15, -0.1) is 0 Å². The van der Waals surface area contributed by atoms with Crippen molar-refractivity contribution in [3.8, 4) is 0 Å². The van der Waals surface area contributed by atoms with Crippen molar-refractivity contribution >= 4 is 0 Å². The summed E-state index contributed by atoms with van der Waals surface area (Å²) in [6.07, 6.45) is 0.542. The van der Waals surface area contributed by atoms with Gasteiger partial charge in [-0.2, -0.15) is 4.98 Å². The fraction of sp³-hybridized carbons (Fsp3) is 0.333. The highest BCUT2D eigenvalue weighted by molar-refractivity contribution is 5.19. The molecule has 0 radical (unpaired) electrons. The lowest BCUT2D eigenvalue weighted by Gasteiger charge is -1.96. The Morgan fingerprint density at radius 1 is 1.25 bits per heavy atom. The molecule has 0 spiro atoms. The molecule has 2 aromatic rings. The van der Waals surface area contributed by atoms with E-state index in [1.54, 1.807) is 12.1 Å². The molecule has 0 bridgehead atoms. The maximum Gasteiger partial charge on any atom is 0.231 e. The number of halogens is 1. The number of nitrogens with zero attached hydrogens (tertiary/aromatic N) is 2. The molecule has 16 heavy (non-hydrogen) atoms. The second-order valence-electron chi connectivity index (χ2n) is 4.00. The summed E-state index contributed by atoms with van der Waals surface area (Å²) in [6.45, 7) is 4.01. The van der Waals surface area contributed by atoms with Crippen LogP contribution >= 0.6 is 0 Å². The first-order chi connectivity index (χ1) is 7.65.